The van der Waals surface area contributed by atoms with E-state index in [9.17, 15) is 0 Å². The zero-order chi connectivity index (χ0) is 13.7. The van der Waals surface area contributed by atoms with E-state index in [-0.39, 0.29) is 6.61 Å². The summed E-state index contributed by atoms with van der Waals surface area (Å²) in [5.74, 6) is 0. The number of aliphatic hydroxyl groups is 1. The summed E-state index contributed by atoms with van der Waals surface area (Å²) in [6, 6.07) is 8.51. The minimum Gasteiger partial charge on any atom is -0.464 e. The highest BCUT2D eigenvalue weighted by Gasteiger charge is 2.11. The van der Waals surface area contributed by atoms with E-state index in [1.54, 1.807) is 0 Å². The van der Waals surface area contributed by atoms with Crippen LogP contribution in [0.2, 0.25) is 0 Å². The largest absolute Gasteiger partial charge is 0.464 e. The molecule has 1 N–H and O–H groups in total. The summed E-state index contributed by atoms with van der Waals surface area (Å²) in [6.07, 6.45) is 2.70. The zero-order valence-corrected chi connectivity index (χ0v) is 11.3. The second kappa shape index (κ2) is 6.38. The first-order valence-electron chi connectivity index (χ1n) is 6.61. The lowest BCUT2D eigenvalue weighted by molar-refractivity contribution is 0.257. The Morgan fingerprint density at radius 1 is 1.32 bits per heavy atom. The second-order valence-corrected chi connectivity index (χ2v) is 4.59. The lowest BCUT2D eigenvalue weighted by Crippen LogP contribution is -2.04. The van der Waals surface area contributed by atoms with Gasteiger partial charge in [-0.1, -0.05) is 18.7 Å². The highest BCUT2D eigenvalue weighted by molar-refractivity contribution is 5.80. The van der Waals surface area contributed by atoms with Crippen LogP contribution < -0.4 is 4.74 Å². The number of nitrogens with zero attached hydrogens (tertiary/aromatic N) is 2. The Bertz CT molecular complexity index is 560. The van der Waals surface area contributed by atoms with Gasteiger partial charge in [0.25, 0.3) is 0 Å². The molecule has 0 aliphatic rings. The Hall–Kier alpha value is -1.81. The molecule has 0 spiro atoms. The molecule has 2 aromatic rings. The standard InChI is InChI=1S/C15H20N2O2/c1-12(2)17-14-9-5-4-8-13(14)16-15(17)19-11-7-3-6-10-18/h4-5,8-9,18H,1,3,6-7,10-11H2,2H3. The van der Waals surface area contributed by atoms with E-state index >= 15 is 0 Å². The van der Waals surface area contributed by atoms with Crippen LogP contribution in [-0.4, -0.2) is 27.9 Å². The van der Waals surface area contributed by atoms with E-state index in [2.05, 4.69) is 11.6 Å². The van der Waals surface area contributed by atoms with Crippen molar-refractivity contribution in [3.05, 3.63) is 30.8 Å². The van der Waals surface area contributed by atoms with E-state index < -0.39 is 0 Å². The maximum absolute atomic E-state index is 8.73. The molecule has 0 bridgehead atoms. The Morgan fingerprint density at radius 3 is 2.84 bits per heavy atom. The number of aromatic nitrogens is 2. The van der Waals surface area contributed by atoms with E-state index in [4.69, 9.17) is 9.84 Å². The summed E-state index contributed by atoms with van der Waals surface area (Å²) >= 11 is 0. The van der Waals surface area contributed by atoms with Crippen LogP contribution in [0.3, 0.4) is 0 Å². The molecule has 0 saturated carbocycles. The van der Waals surface area contributed by atoms with E-state index in [1.165, 1.54) is 0 Å². The molecule has 0 saturated heterocycles. The Kier molecular flexibility index (Phi) is 4.58. The average Bonchev–Trinajstić information content (AvgIpc) is 2.76. The highest BCUT2D eigenvalue weighted by Crippen LogP contribution is 2.24. The first kappa shape index (κ1) is 13.6. The predicted octanol–water partition coefficient (Wildman–Crippen LogP) is 3.07. The fourth-order valence-electron chi connectivity index (χ4n) is 2.02. The molecular weight excluding hydrogens is 240 g/mol. The van der Waals surface area contributed by atoms with E-state index in [0.29, 0.717) is 12.6 Å². The number of allylic oxidation sites excluding steroid dienone is 1. The molecule has 19 heavy (non-hydrogen) atoms. The highest BCUT2D eigenvalue weighted by atomic mass is 16.5. The van der Waals surface area contributed by atoms with Crippen molar-refractivity contribution in [3.8, 4) is 6.01 Å². The smallest absolute Gasteiger partial charge is 0.301 e. The Morgan fingerprint density at radius 2 is 2.11 bits per heavy atom. The number of rotatable bonds is 7. The normalized spacial score (nSPS) is 10.8. The molecule has 0 amide bonds. The molecule has 1 aromatic carbocycles. The van der Waals surface area contributed by atoms with Crippen molar-refractivity contribution >= 4 is 16.7 Å². The van der Waals surface area contributed by atoms with E-state index in [0.717, 1.165) is 36.0 Å². The first-order valence-corrected chi connectivity index (χ1v) is 6.61. The maximum atomic E-state index is 8.73. The quantitative estimate of drug-likeness (QED) is 0.778. The molecule has 2 rings (SSSR count). The van der Waals surface area contributed by atoms with Crippen molar-refractivity contribution < 1.29 is 9.84 Å². The van der Waals surface area contributed by atoms with Gasteiger partial charge in [0.05, 0.1) is 17.6 Å². The summed E-state index contributed by atoms with van der Waals surface area (Å²) in [7, 11) is 0. The van der Waals surface area contributed by atoms with Crippen molar-refractivity contribution in [3.63, 3.8) is 0 Å². The van der Waals surface area contributed by atoms with Gasteiger partial charge in [0.15, 0.2) is 0 Å². The van der Waals surface area contributed by atoms with Crippen molar-refractivity contribution in [2.75, 3.05) is 13.2 Å². The zero-order valence-electron chi connectivity index (χ0n) is 11.3. The van der Waals surface area contributed by atoms with Crippen LogP contribution in [-0.2, 0) is 0 Å². The summed E-state index contributed by atoms with van der Waals surface area (Å²) in [4.78, 5) is 4.48. The molecule has 0 unspecified atom stereocenters. The molecule has 0 aliphatic carbocycles. The van der Waals surface area contributed by atoms with Crippen molar-refractivity contribution in [1.82, 2.24) is 9.55 Å². The van der Waals surface area contributed by atoms with Crippen LogP contribution in [0.1, 0.15) is 26.2 Å². The van der Waals surface area contributed by atoms with Crippen molar-refractivity contribution in [2.24, 2.45) is 0 Å². The van der Waals surface area contributed by atoms with Gasteiger partial charge in [-0.3, -0.25) is 4.57 Å². The summed E-state index contributed by atoms with van der Waals surface area (Å²) < 4.78 is 7.67. The van der Waals surface area contributed by atoms with Gasteiger partial charge in [0.2, 0.25) is 0 Å². The van der Waals surface area contributed by atoms with Gasteiger partial charge in [0.1, 0.15) is 0 Å². The lowest BCUT2D eigenvalue weighted by Gasteiger charge is -2.09. The van der Waals surface area contributed by atoms with Crippen LogP contribution in [0.15, 0.2) is 30.8 Å². The number of hydrogen-bond donors (Lipinski definition) is 1. The topological polar surface area (TPSA) is 47.3 Å². The molecule has 1 heterocycles. The van der Waals surface area contributed by atoms with Crippen molar-refractivity contribution in [2.45, 2.75) is 26.2 Å². The number of fused-ring (bicyclic) bond motifs is 1. The SMILES string of the molecule is C=C(C)n1c(OCCCCCO)nc2ccccc21. The van der Waals surface area contributed by atoms with Gasteiger partial charge in [-0.2, -0.15) is 4.98 Å². The summed E-state index contributed by atoms with van der Waals surface area (Å²) in [5, 5.41) is 8.73. The molecule has 102 valence electrons. The van der Waals surface area contributed by atoms with Crippen LogP contribution >= 0.6 is 0 Å². The second-order valence-electron chi connectivity index (χ2n) is 4.59. The maximum Gasteiger partial charge on any atom is 0.301 e. The fourth-order valence-corrected chi connectivity index (χ4v) is 2.02. The molecule has 1 aromatic heterocycles. The molecule has 0 aliphatic heterocycles. The first-order chi connectivity index (χ1) is 9.24. The number of para-hydroxylation sites is 2. The van der Waals surface area contributed by atoms with Crippen LogP contribution in [0, 0.1) is 0 Å². The Labute approximate surface area is 113 Å². The van der Waals surface area contributed by atoms with Crippen LogP contribution in [0.25, 0.3) is 16.7 Å². The van der Waals surface area contributed by atoms with Gasteiger partial charge in [0, 0.05) is 12.3 Å². The van der Waals surface area contributed by atoms with Crippen LogP contribution in [0.4, 0.5) is 0 Å². The third-order valence-corrected chi connectivity index (χ3v) is 2.95. The van der Waals surface area contributed by atoms with Crippen molar-refractivity contribution in [1.29, 1.82) is 0 Å². The van der Waals surface area contributed by atoms with E-state index in [1.807, 2.05) is 35.8 Å². The molecule has 4 heteroatoms. The monoisotopic (exact) mass is 260 g/mol. The number of aliphatic hydroxyl groups excluding tert-OH is 1. The third kappa shape index (κ3) is 3.15. The predicted molar refractivity (Wildman–Crippen MR) is 77.2 cm³/mol. The number of imidazole rings is 1. The number of unbranched alkanes of at least 4 members (excludes halogenated alkanes) is 2. The number of benzene rings is 1. The molecule has 0 atom stereocenters. The Balaban J connectivity index is 2.13. The van der Waals surface area contributed by atoms with Gasteiger partial charge in [-0.05, 0) is 38.3 Å². The molecule has 4 nitrogen and oxygen atoms in total. The molecule has 0 radical (unpaired) electrons. The fraction of sp³-hybridized carbons (Fsp3) is 0.400. The third-order valence-electron chi connectivity index (χ3n) is 2.95. The number of ether oxygens (including phenoxy) is 1. The van der Waals surface area contributed by atoms with Gasteiger partial charge in [-0.25, -0.2) is 0 Å². The minimum atomic E-state index is 0.240. The molecular formula is C15H20N2O2. The van der Waals surface area contributed by atoms with Crippen LogP contribution in [0.5, 0.6) is 6.01 Å². The van der Waals surface area contributed by atoms with Gasteiger partial charge < -0.3 is 9.84 Å². The minimum absolute atomic E-state index is 0.240. The van der Waals surface area contributed by atoms with Gasteiger partial charge in [-0.15, -0.1) is 0 Å². The average molecular weight is 260 g/mol. The van der Waals surface area contributed by atoms with Gasteiger partial charge >= 0.3 is 6.01 Å². The summed E-state index contributed by atoms with van der Waals surface area (Å²) in [5.41, 5.74) is 2.82. The summed E-state index contributed by atoms with van der Waals surface area (Å²) in [6.45, 7) is 6.76. The lowest BCUT2D eigenvalue weighted by atomic mass is 10.2. The molecule has 0 fully saturated rings. The number of hydrogen-bond acceptors (Lipinski definition) is 3.